The van der Waals surface area contributed by atoms with Crippen LogP contribution in [0.5, 0.6) is 0 Å². The molecule has 1 aliphatic rings. The van der Waals surface area contributed by atoms with Crippen molar-refractivity contribution >= 4 is 35.4 Å². The maximum absolute atomic E-state index is 10.7. The van der Waals surface area contributed by atoms with E-state index < -0.39 is 5.97 Å². The number of carbonyl (C=O) groups is 1. The molecule has 0 fully saturated rings. The summed E-state index contributed by atoms with van der Waals surface area (Å²) in [6.45, 7) is 0.937. The number of hydrogen-bond acceptors (Lipinski definition) is 2. The molecule has 0 amide bonds. The van der Waals surface area contributed by atoms with Crippen molar-refractivity contribution in [1.82, 2.24) is 10.3 Å². The van der Waals surface area contributed by atoms with Gasteiger partial charge in [-0.05, 0) is 60.2 Å². The molecule has 0 saturated carbocycles. The molecule has 1 aliphatic carbocycles. The van der Waals surface area contributed by atoms with Crippen LogP contribution in [-0.4, -0.2) is 22.6 Å². The second-order valence-corrected chi connectivity index (χ2v) is 6.78. The first kappa shape index (κ1) is 19.2. The minimum Gasteiger partial charge on any atom is -0.478 e. The lowest BCUT2D eigenvalue weighted by Gasteiger charge is -2.14. The van der Waals surface area contributed by atoms with Crippen LogP contribution < -0.4 is 5.32 Å². The van der Waals surface area contributed by atoms with E-state index in [-0.39, 0.29) is 12.4 Å². The number of nitrogens with one attached hydrogen (secondary N) is 2. The first-order valence-electron chi connectivity index (χ1n) is 9.03. The Balaban J connectivity index is 0.00000210. The third-order valence-electron chi connectivity index (χ3n) is 5.12. The van der Waals surface area contributed by atoms with Crippen molar-refractivity contribution in [3.05, 3.63) is 77.0 Å². The normalized spacial score (nSPS) is 15.8. The molecule has 2 aromatic carbocycles. The Kier molecular flexibility index (Phi) is 5.99. The maximum atomic E-state index is 10.7. The molecule has 27 heavy (non-hydrogen) atoms. The van der Waals surface area contributed by atoms with Crippen molar-refractivity contribution < 1.29 is 9.90 Å². The fourth-order valence-corrected chi connectivity index (χ4v) is 3.84. The van der Waals surface area contributed by atoms with Crippen LogP contribution in [0.3, 0.4) is 0 Å². The van der Waals surface area contributed by atoms with Crippen LogP contribution >= 0.6 is 12.4 Å². The zero-order valence-electron chi connectivity index (χ0n) is 14.9. The number of fused-ring (bicyclic) bond motifs is 2. The SMILES string of the molecule is Cl.O=C(O)/C=C/c1ccc2c(c1)CCC2NCCc1c[nH]c2ccccc12. The van der Waals surface area contributed by atoms with Crippen LogP contribution in [0, 0.1) is 0 Å². The van der Waals surface area contributed by atoms with Crippen molar-refractivity contribution in [3.63, 3.8) is 0 Å². The van der Waals surface area contributed by atoms with Gasteiger partial charge >= 0.3 is 5.97 Å². The molecule has 0 saturated heterocycles. The van der Waals surface area contributed by atoms with Crippen LogP contribution in [0.1, 0.15) is 34.7 Å². The molecule has 140 valence electrons. The maximum Gasteiger partial charge on any atom is 0.328 e. The topological polar surface area (TPSA) is 65.1 Å². The Bertz CT molecular complexity index is 977. The summed E-state index contributed by atoms with van der Waals surface area (Å²) >= 11 is 0. The molecule has 1 heterocycles. The van der Waals surface area contributed by atoms with Gasteiger partial charge in [0, 0.05) is 29.2 Å². The van der Waals surface area contributed by atoms with Crippen LogP contribution in [-0.2, 0) is 17.6 Å². The lowest BCUT2D eigenvalue weighted by Crippen LogP contribution is -2.21. The van der Waals surface area contributed by atoms with E-state index in [4.69, 9.17) is 5.11 Å². The number of para-hydroxylation sites is 1. The van der Waals surface area contributed by atoms with Crippen molar-refractivity contribution in [1.29, 1.82) is 0 Å². The Morgan fingerprint density at radius 1 is 1.26 bits per heavy atom. The van der Waals surface area contributed by atoms with Gasteiger partial charge in [0.25, 0.3) is 0 Å². The van der Waals surface area contributed by atoms with E-state index in [1.807, 2.05) is 6.07 Å². The minimum absolute atomic E-state index is 0. The number of aryl methyl sites for hydroxylation is 1. The Morgan fingerprint density at radius 2 is 2.11 bits per heavy atom. The van der Waals surface area contributed by atoms with Gasteiger partial charge in [-0.3, -0.25) is 0 Å². The molecule has 0 spiro atoms. The fourth-order valence-electron chi connectivity index (χ4n) is 3.84. The van der Waals surface area contributed by atoms with Gasteiger partial charge in [-0.15, -0.1) is 12.4 Å². The molecule has 1 unspecified atom stereocenters. The van der Waals surface area contributed by atoms with Crippen LogP contribution in [0.15, 0.2) is 54.7 Å². The summed E-state index contributed by atoms with van der Waals surface area (Å²) < 4.78 is 0. The van der Waals surface area contributed by atoms with Gasteiger partial charge in [0.05, 0.1) is 0 Å². The number of benzene rings is 2. The van der Waals surface area contributed by atoms with E-state index in [0.717, 1.165) is 31.4 Å². The molecule has 1 atom stereocenters. The summed E-state index contributed by atoms with van der Waals surface area (Å²) in [5, 5.41) is 13.7. The number of rotatable bonds is 6. The molecule has 3 N–H and O–H groups in total. The van der Waals surface area contributed by atoms with Gasteiger partial charge < -0.3 is 15.4 Å². The molecule has 0 aliphatic heterocycles. The Morgan fingerprint density at radius 3 is 2.96 bits per heavy atom. The Labute approximate surface area is 164 Å². The van der Waals surface area contributed by atoms with E-state index in [9.17, 15) is 4.79 Å². The second kappa shape index (κ2) is 8.42. The van der Waals surface area contributed by atoms with Gasteiger partial charge in [-0.25, -0.2) is 4.79 Å². The van der Waals surface area contributed by atoms with Gasteiger partial charge in [0.2, 0.25) is 0 Å². The lowest BCUT2D eigenvalue weighted by atomic mass is 10.0. The number of carboxylic acid groups (broad SMARTS) is 1. The van der Waals surface area contributed by atoms with E-state index >= 15 is 0 Å². The van der Waals surface area contributed by atoms with Gasteiger partial charge in [0.1, 0.15) is 0 Å². The number of H-pyrrole nitrogens is 1. The highest BCUT2D eigenvalue weighted by atomic mass is 35.5. The summed E-state index contributed by atoms with van der Waals surface area (Å²) in [4.78, 5) is 14.0. The number of aliphatic carboxylic acids is 1. The quantitative estimate of drug-likeness (QED) is 0.549. The minimum atomic E-state index is -0.915. The summed E-state index contributed by atoms with van der Waals surface area (Å²) in [7, 11) is 0. The third-order valence-corrected chi connectivity index (χ3v) is 5.12. The van der Waals surface area contributed by atoms with Crippen LogP contribution in [0.25, 0.3) is 17.0 Å². The highest BCUT2D eigenvalue weighted by Gasteiger charge is 2.21. The van der Waals surface area contributed by atoms with Gasteiger partial charge in [-0.2, -0.15) is 0 Å². The zero-order valence-corrected chi connectivity index (χ0v) is 15.8. The van der Waals surface area contributed by atoms with Gasteiger partial charge in [-0.1, -0.05) is 36.4 Å². The number of carboxylic acids is 1. The predicted molar refractivity (Wildman–Crippen MR) is 111 cm³/mol. The largest absolute Gasteiger partial charge is 0.478 e. The van der Waals surface area contributed by atoms with Crippen LogP contribution in [0.4, 0.5) is 0 Å². The molecule has 0 bridgehead atoms. The van der Waals surface area contributed by atoms with E-state index in [2.05, 4.69) is 52.9 Å². The average molecular weight is 383 g/mol. The highest BCUT2D eigenvalue weighted by molar-refractivity contribution is 5.85. The van der Waals surface area contributed by atoms with Gasteiger partial charge in [0.15, 0.2) is 0 Å². The second-order valence-electron chi connectivity index (χ2n) is 6.78. The average Bonchev–Trinajstić information content (AvgIpc) is 3.24. The van der Waals surface area contributed by atoms with Crippen LogP contribution in [0.2, 0.25) is 0 Å². The molecule has 3 aromatic rings. The first-order chi connectivity index (χ1) is 12.7. The molecule has 4 rings (SSSR count). The molecule has 1 aromatic heterocycles. The number of aromatic nitrogens is 1. The molecular weight excluding hydrogens is 360 g/mol. The van der Waals surface area contributed by atoms with Crippen molar-refractivity contribution in [2.75, 3.05) is 6.54 Å². The molecule has 0 radical (unpaired) electrons. The monoisotopic (exact) mass is 382 g/mol. The fraction of sp³-hybridized carbons (Fsp3) is 0.227. The smallest absolute Gasteiger partial charge is 0.328 e. The van der Waals surface area contributed by atoms with E-state index in [0.29, 0.717) is 6.04 Å². The Hall–Kier alpha value is -2.56. The van der Waals surface area contributed by atoms with Crippen molar-refractivity contribution in [2.45, 2.75) is 25.3 Å². The number of aromatic amines is 1. The zero-order chi connectivity index (χ0) is 17.9. The summed E-state index contributed by atoms with van der Waals surface area (Å²) in [6, 6.07) is 15.0. The van der Waals surface area contributed by atoms with E-state index in [1.165, 1.54) is 33.7 Å². The highest BCUT2D eigenvalue weighted by Crippen LogP contribution is 2.32. The number of halogens is 1. The molecule has 5 heteroatoms. The van der Waals surface area contributed by atoms with Crippen molar-refractivity contribution in [2.24, 2.45) is 0 Å². The molecule has 4 nitrogen and oxygen atoms in total. The first-order valence-corrected chi connectivity index (χ1v) is 9.03. The summed E-state index contributed by atoms with van der Waals surface area (Å²) in [6.07, 6.45) is 8.07. The van der Waals surface area contributed by atoms with E-state index in [1.54, 1.807) is 6.08 Å². The standard InChI is InChI=1S/C22H22N2O2.ClH/c25-22(26)10-6-15-5-8-19-16(13-15)7-9-21(19)23-12-11-17-14-24-20-4-2-1-3-18(17)20;/h1-6,8,10,13-14,21,23-24H,7,9,11-12H2,(H,25,26);1H/b10-6+;. The summed E-state index contributed by atoms with van der Waals surface area (Å²) in [5.41, 5.74) is 6.15. The number of hydrogen-bond donors (Lipinski definition) is 3. The summed E-state index contributed by atoms with van der Waals surface area (Å²) in [5.74, 6) is -0.915. The molecular formula is C22H23ClN2O2. The lowest BCUT2D eigenvalue weighted by molar-refractivity contribution is -0.131. The van der Waals surface area contributed by atoms with Crippen molar-refractivity contribution in [3.8, 4) is 0 Å². The third kappa shape index (κ3) is 4.24. The predicted octanol–water partition coefficient (Wildman–Crippen LogP) is 4.51.